The first-order valence-corrected chi connectivity index (χ1v) is 8.74. The highest BCUT2D eigenvalue weighted by Gasteiger charge is 2.52. The quantitative estimate of drug-likeness (QED) is 0.512. The molecule has 0 heterocycles. The lowest BCUT2D eigenvalue weighted by Gasteiger charge is -2.19. The number of hydrogen-bond acceptors (Lipinski definition) is 3. The summed E-state index contributed by atoms with van der Waals surface area (Å²) in [5.41, 5.74) is -4.89. The molecule has 1 saturated carbocycles. The van der Waals surface area contributed by atoms with E-state index in [4.69, 9.17) is 4.74 Å². The van der Waals surface area contributed by atoms with Crippen LogP contribution < -0.4 is 5.32 Å². The first kappa shape index (κ1) is 21.7. The number of carbonyl (C=O) groups is 2. The molecule has 0 aliphatic heterocycles. The van der Waals surface area contributed by atoms with E-state index >= 15 is 0 Å². The van der Waals surface area contributed by atoms with Crippen LogP contribution in [-0.4, -0.2) is 17.4 Å². The maximum Gasteiger partial charge on any atom is 0.416 e. The molecular weight excluding hydrogens is 416 g/mol. The Kier molecular flexibility index (Phi) is 5.53. The standard InChI is InChI=1S/C20H15F6NO3/c21-19(22,23)14-8-13(9-15(10-14)20(24,25)26)16(28)18(6-7-18)27-17(29)30-11-12-4-2-1-3-5-12/h1-5,8-10H,6-7,11H2,(H,27,29). The second kappa shape index (κ2) is 7.66. The predicted octanol–water partition coefficient (Wildman–Crippen LogP) is 5.37. The molecule has 2 aromatic rings. The number of halogens is 6. The summed E-state index contributed by atoms with van der Waals surface area (Å²) in [4.78, 5) is 24.7. The molecule has 0 saturated heterocycles. The highest BCUT2D eigenvalue weighted by Crippen LogP contribution is 2.41. The van der Waals surface area contributed by atoms with Crippen LogP contribution in [0, 0.1) is 0 Å². The van der Waals surface area contributed by atoms with Gasteiger partial charge in [-0.15, -0.1) is 0 Å². The summed E-state index contributed by atoms with van der Waals surface area (Å²) in [6.45, 7) is -0.112. The summed E-state index contributed by atoms with van der Waals surface area (Å²) >= 11 is 0. The van der Waals surface area contributed by atoms with Crippen molar-refractivity contribution in [2.45, 2.75) is 37.3 Å². The van der Waals surface area contributed by atoms with E-state index in [1.807, 2.05) is 0 Å². The van der Waals surface area contributed by atoms with Crippen LogP contribution in [0.4, 0.5) is 31.1 Å². The van der Waals surface area contributed by atoms with Gasteiger partial charge in [0.25, 0.3) is 0 Å². The van der Waals surface area contributed by atoms with E-state index in [1.54, 1.807) is 30.3 Å². The molecule has 1 amide bonds. The largest absolute Gasteiger partial charge is 0.445 e. The molecule has 0 radical (unpaired) electrons. The molecule has 0 aromatic heterocycles. The van der Waals surface area contributed by atoms with Gasteiger partial charge in [-0.25, -0.2) is 4.79 Å². The SMILES string of the molecule is O=C(NC1(C(=O)c2cc(C(F)(F)F)cc(C(F)(F)F)c2)CC1)OCc1ccccc1. The number of Topliss-reactive ketones (excluding diaryl/α,β-unsaturated/α-hetero) is 1. The lowest BCUT2D eigenvalue weighted by atomic mass is 9.97. The van der Waals surface area contributed by atoms with Gasteiger partial charge in [0.05, 0.1) is 11.1 Å². The van der Waals surface area contributed by atoms with Gasteiger partial charge in [0.1, 0.15) is 12.1 Å². The smallest absolute Gasteiger partial charge is 0.416 e. The molecule has 10 heteroatoms. The Morgan fingerprint density at radius 3 is 1.90 bits per heavy atom. The zero-order valence-corrected chi connectivity index (χ0v) is 15.2. The van der Waals surface area contributed by atoms with Crippen molar-refractivity contribution in [2.75, 3.05) is 0 Å². The number of benzene rings is 2. The van der Waals surface area contributed by atoms with Crippen LogP contribution in [0.5, 0.6) is 0 Å². The second-order valence-corrected chi connectivity index (χ2v) is 6.89. The molecule has 30 heavy (non-hydrogen) atoms. The molecule has 1 aliphatic carbocycles. The lowest BCUT2D eigenvalue weighted by Crippen LogP contribution is -2.43. The number of ether oxygens (including phenoxy) is 1. The van der Waals surface area contributed by atoms with Crippen molar-refractivity contribution in [1.29, 1.82) is 0 Å². The van der Waals surface area contributed by atoms with Gasteiger partial charge in [-0.3, -0.25) is 4.79 Å². The normalized spacial score (nSPS) is 15.4. The minimum atomic E-state index is -5.07. The Hall–Kier alpha value is -3.04. The Bertz CT molecular complexity index is 917. The molecule has 4 nitrogen and oxygen atoms in total. The average molecular weight is 431 g/mol. The summed E-state index contributed by atoms with van der Waals surface area (Å²) in [6, 6.07) is 9.22. The number of alkyl carbamates (subject to hydrolysis) is 1. The van der Waals surface area contributed by atoms with Crippen molar-refractivity contribution in [3.63, 3.8) is 0 Å². The third-order valence-electron chi connectivity index (χ3n) is 4.59. The van der Waals surface area contributed by atoms with Gasteiger partial charge in [0, 0.05) is 5.56 Å². The van der Waals surface area contributed by atoms with Gasteiger partial charge < -0.3 is 10.1 Å². The first-order valence-electron chi connectivity index (χ1n) is 8.74. The van der Waals surface area contributed by atoms with Crippen molar-refractivity contribution >= 4 is 11.9 Å². The predicted molar refractivity (Wildman–Crippen MR) is 92.5 cm³/mol. The first-order chi connectivity index (χ1) is 13.9. The molecule has 2 aromatic carbocycles. The van der Waals surface area contributed by atoms with Crippen LogP contribution in [0.25, 0.3) is 0 Å². The summed E-state index contributed by atoms with van der Waals surface area (Å²) in [6.07, 6.45) is -11.0. The van der Waals surface area contributed by atoms with Gasteiger partial charge in [0.15, 0.2) is 5.78 Å². The van der Waals surface area contributed by atoms with Crippen LogP contribution in [0.1, 0.15) is 39.9 Å². The molecule has 0 spiro atoms. The fourth-order valence-corrected chi connectivity index (χ4v) is 2.85. The Balaban J connectivity index is 1.79. The second-order valence-electron chi connectivity index (χ2n) is 6.89. The van der Waals surface area contributed by atoms with Crippen LogP contribution >= 0.6 is 0 Å². The molecule has 1 aliphatic rings. The maximum atomic E-state index is 13.0. The van der Waals surface area contributed by atoms with Crippen molar-refractivity contribution in [3.8, 4) is 0 Å². The lowest BCUT2D eigenvalue weighted by molar-refractivity contribution is -0.143. The Morgan fingerprint density at radius 1 is 0.900 bits per heavy atom. The molecule has 0 bridgehead atoms. The number of hydrogen-bond donors (Lipinski definition) is 1. The monoisotopic (exact) mass is 431 g/mol. The topological polar surface area (TPSA) is 55.4 Å². The van der Waals surface area contributed by atoms with E-state index < -0.39 is 46.5 Å². The maximum absolute atomic E-state index is 13.0. The Morgan fingerprint density at radius 2 is 1.43 bits per heavy atom. The van der Waals surface area contributed by atoms with Crippen LogP contribution in [0.2, 0.25) is 0 Å². The summed E-state index contributed by atoms with van der Waals surface area (Å²) in [5.74, 6) is -1.03. The van der Waals surface area contributed by atoms with Gasteiger partial charge in [0.2, 0.25) is 0 Å². The Labute approximate surface area is 166 Å². The minimum Gasteiger partial charge on any atom is -0.445 e. The minimum absolute atomic E-state index is 0.0576. The molecule has 1 N–H and O–H groups in total. The van der Waals surface area contributed by atoms with Gasteiger partial charge >= 0.3 is 18.4 Å². The third-order valence-corrected chi connectivity index (χ3v) is 4.59. The van der Waals surface area contributed by atoms with Crippen LogP contribution in [0.3, 0.4) is 0 Å². The number of rotatable bonds is 5. The van der Waals surface area contributed by atoms with E-state index in [-0.39, 0.29) is 25.5 Å². The fourth-order valence-electron chi connectivity index (χ4n) is 2.85. The number of nitrogens with one attached hydrogen (secondary N) is 1. The number of ketones is 1. The van der Waals surface area contributed by atoms with Gasteiger partial charge in [-0.05, 0) is 36.6 Å². The highest BCUT2D eigenvalue weighted by atomic mass is 19.4. The van der Waals surface area contributed by atoms with E-state index in [0.717, 1.165) is 0 Å². The summed E-state index contributed by atoms with van der Waals surface area (Å²) in [7, 11) is 0. The number of amides is 1. The molecule has 0 atom stereocenters. The zero-order chi connectivity index (χ0) is 22.2. The van der Waals surface area contributed by atoms with Gasteiger partial charge in [-0.2, -0.15) is 26.3 Å². The van der Waals surface area contributed by atoms with Crippen LogP contribution in [0.15, 0.2) is 48.5 Å². The van der Waals surface area contributed by atoms with E-state index in [9.17, 15) is 35.9 Å². The number of carbonyl (C=O) groups excluding carboxylic acids is 2. The van der Waals surface area contributed by atoms with E-state index in [0.29, 0.717) is 17.7 Å². The van der Waals surface area contributed by atoms with Crippen molar-refractivity contribution in [2.24, 2.45) is 0 Å². The third kappa shape index (κ3) is 4.92. The van der Waals surface area contributed by atoms with E-state index in [1.165, 1.54) is 0 Å². The molecule has 0 unspecified atom stereocenters. The van der Waals surface area contributed by atoms with Crippen LogP contribution in [-0.2, 0) is 23.7 Å². The van der Waals surface area contributed by atoms with Gasteiger partial charge in [-0.1, -0.05) is 30.3 Å². The van der Waals surface area contributed by atoms with Crippen molar-refractivity contribution < 1.29 is 40.7 Å². The average Bonchev–Trinajstić information content (AvgIpc) is 3.45. The summed E-state index contributed by atoms with van der Waals surface area (Å²) in [5, 5.41) is 2.28. The van der Waals surface area contributed by atoms with Crippen molar-refractivity contribution in [3.05, 3.63) is 70.8 Å². The fraction of sp³-hybridized carbons (Fsp3) is 0.300. The summed E-state index contributed by atoms with van der Waals surface area (Å²) < 4.78 is 83.1. The molecule has 1 fully saturated rings. The zero-order valence-electron chi connectivity index (χ0n) is 15.2. The molecule has 160 valence electrons. The van der Waals surface area contributed by atoms with E-state index in [2.05, 4.69) is 5.32 Å². The number of alkyl halides is 6. The highest BCUT2D eigenvalue weighted by molar-refractivity contribution is 6.07. The van der Waals surface area contributed by atoms with Crippen molar-refractivity contribution in [1.82, 2.24) is 5.32 Å². The molecular formula is C20H15F6NO3. The molecule has 3 rings (SSSR count).